The molecule has 1 saturated heterocycles. The second-order valence-corrected chi connectivity index (χ2v) is 11.4. The Hall–Kier alpha value is -3.20. The highest BCUT2D eigenvalue weighted by molar-refractivity contribution is 6.30. The van der Waals surface area contributed by atoms with Crippen molar-refractivity contribution in [1.82, 2.24) is 9.97 Å². The Balaban J connectivity index is 1.28. The molecular weight excluding hydrogens is 530 g/mol. The predicted molar refractivity (Wildman–Crippen MR) is 151 cm³/mol. The van der Waals surface area contributed by atoms with Crippen LogP contribution in [0.15, 0.2) is 54.7 Å². The molecule has 0 bridgehead atoms. The lowest BCUT2D eigenvalue weighted by molar-refractivity contribution is -0.00354. The normalized spacial score (nSPS) is 23.7. The molecule has 2 aromatic carbocycles. The molecule has 1 spiro atoms. The van der Waals surface area contributed by atoms with Gasteiger partial charge in [0.25, 0.3) is 5.88 Å². The number of nitrogens with zero attached hydrogens (tertiary/aromatic N) is 3. The lowest BCUT2D eigenvalue weighted by Gasteiger charge is -2.41. The fourth-order valence-electron chi connectivity index (χ4n) is 6.31. The number of aryl methyl sites for hydroxylation is 1. The molecular formula is C31H34ClN3O5. The third kappa shape index (κ3) is 5.53. The second kappa shape index (κ2) is 11.7. The van der Waals surface area contributed by atoms with Gasteiger partial charge in [-0.2, -0.15) is 0 Å². The van der Waals surface area contributed by atoms with Gasteiger partial charge in [-0.3, -0.25) is 0 Å². The highest BCUT2D eigenvalue weighted by Gasteiger charge is 2.44. The Labute approximate surface area is 239 Å². The summed E-state index contributed by atoms with van der Waals surface area (Å²) in [6.45, 7) is 3.58. The van der Waals surface area contributed by atoms with Crippen molar-refractivity contribution in [2.24, 2.45) is 5.92 Å². The summed E-state index contributed by atoms with van der Waals surface area (Å²) in [5.41, 5.74) is 3.57. The molecule has 0 radical (unpaired) electrons. The summed E-state index contributed by atoms with van der Waals surface area (Å²) in [6.07, 6.45) is 5.30. The van der Waals surface area contributed by atoms with Crippen molar-refractivity contribution in [2.75, 3.05) is 44.9 Å². The maximum Gasteiger partial charge on any atom is 0.358 e. The Morgan fingerprint density at radius 3 is 2.95 bits per heavy atom. The molecule has 0 N–H and O–H groups in total. The first-order valence-electron chi connectivity index (χ1n) is 13.9. The van der Waals surface area contributed by atoms with Gasteiger partial charge in [-0.05, 0) is 54.5 Å². The summed E-state index contributed by atoms with van der Waals surface area (Å²) in [6, 6.07) is 16.4. The number of esters is 1. The molecule has 40 heavy (non-hydrogen) atoms. The molecule has 2 aliphatic heterocycles. The molecule has 3 aromatic rings. The lowest BCUT2D eigenvalue weighted by Crippen LogP contribution is -2.47. The van der Waals surface area contributed by atoms with Crippen molar-refractivity contribution in [3.8, 4) is 5.88 Å². The van der Waals surface area contributed by atoms with Crippen LogP contribution in [0.5, 0.6) is 5.88 Å². The first-order chi connectivity index (χ1) is 19.5. The Bertz CT molecular complexity index is 1360. The van der Waals surface area contributed by atoms with Crippen LogP contribution in [0.2, 0.25) is 5.02 Å². The summed E-state index contributed by atoms with van der Waals surface area (Å²) in [5, 5.41) is 0.748. The SMILES string of the molecule is COC(=O)c1cnc2c(n1)N(C[C@@H]1CCO[C@H]1COCc1ccccc1)C[C@@]1(CCCc3cc(Cl)ccc31)CO2. The van der Waals surface area contributed by atoms with E-state index in [9.17, 15) is 4.79 Å². The van der Waals surface area contributed by atoms with Gasteiger partial charge in [0.1, 0.15) is 6.61 Å². The van der Waals surface area contributed by atoms with Gasteiger partial charge in [0.2, 0.25) is 0 Å². The van der Waals surface area contributed by atoms with Crippen molar-refractivity contribution in [3.63, 3.8) is 0 Å². The zero-order chi connectivity index (χ0) is 27.5. The van der Waals surface area contributed by atoms with E-state index in [-0.39, 0.29) is 23.1 Å². The highest BCUT2D eigenvalue weighted by Crippen LogP contribution is 2.44. The average molecular weight is 564 g/mol. The van der Waals surface area contributed by atoms with Crippen molar-refractivity contribution in [2.45, 2.75) is 43.8 Å². The number of aromatic nitrogens is 2. The van der Waals surface area contributed by atoms with Gasteiger partial charge < -0.3 is 23.8 Å². The molecule has 3 aliphatic rings. The molecule has 0 amide bonds. The number of carbonyl (C=O) groups excluding carboxylic acids is 1. The summed E-state index contributed by atoms with van der Waals surface area (Å²) >= 11 is 6.38. The smallest absolute Gasteiger partial charge is 0.358 e. The van der Waals surface area contributed by atoms with Gasteiger partial charge >= 0.3 is 5.97 Å². The number of methoxy groups -OCH3 is 1. The topological polar surface area (TPSA) is 83.0 Å². The van der Waals surface area contributed by atoms with Crippen LogP contribution in [0.25, 0.3) is 0 Å². The number of ether oxygens (including phenoxy) is 4. The van der Waals surface area contributed by atoms with E-state index in [1.807, 2.05) is 24.3 Å². The van der Waals surface area contributed by atoms with Crippen molar-refractivity contribution >= 4 is 23.4 Å². The molecule has 0 saturated carbocycles. The summed E-state index contributed by atoms with van der Waals surface area (Å²) in [5.74, 6) is 0.692. The predicted octanol–water partition coefficient (Wildman–Crippen LogP) is 5.01. The third-order valence-electron chi connectivity index (χ3n) is 8.33. The van der Waals surface area contributed by atoms with Crippen LogP contribution < -0.4 is 9.64 Å². The molecule has 1 aromatic heterocycles. The Morgan fingerprint density at radius 2 is 2.10 bits per heavy atom. The largest absolute Gasteiger partial charge is 0.474 e. The first kappa shape index (κ1) is 27.0. The summed E-state index contributed by atoms with van der Waals surface area (Å²) < 4.78 is 23.5. The summed E-state index contributed by atoms with van der Waals surface area (Å²) in [7, 11) is 1.35. The number of hydrogen-bond donors (Lipinski definition) is 0. The fourth-order valence-corrected chi connectivity index (χ4v) is 6.51. The molecule has 210 valence electrons. The van der Waals surface area contributed by atoms with E-state index in [0.717, 1.165) is 36.3 Å². The maximum atomic E-state index is 12.4. The quantitative estimate of drug-likeness (QED) is 0.371. The van der Waals surface area contributed by atoms with Crippen LogP contribution in [0, 0.1) is 5.92 Å². The van der Waals surface area contributed by atoms with Gasteiger partial charge in [0, 0.05) is 36.1 Å². The van der Waals surface area contributed by atoms with Gasteiger partial charge in [-0.25, -0.2) is 14.8 Å². The minimum absolute atomic E-state index is 0.0403. The molecule has 0 unspecified atom stereocenters. The van der Waals surface area contributed by atoms with Gasteiger partial charge in [-0.15, -0.1) is 0 Å². The van der Waals surface area contributed by atoms with Crippen molar-refractivity contribution in [1.29, 1.82) is 0 Å². The number of benzene rings is 2. The van der Waals surface area contributed by atoms with E-state index in [1.165, 1.54) is 24.4 Å². The first-order valence-corrected chi connectivity index (χ1v) is 14.3. The zero-order valence-corrected chi connectivity index (χ0v) is 23.4. The van der Waals surface area contributed by atoms with E-state index in [2.05, 4.69) is 34.1 Å². The zero-order valence-electron chi connectivity index (χ0n) is 22.7. The second-order valence-electron chi connectivity index (χ2n) is 10.9. The molecule has 3 heterocycles. The van der Waals surface area contributed by atoms with Crippen molar-refractivity contribution in [3.05, 3.63) is 82.1 Å². The van der Waals surface area contributed by atoms with E-state index in [1.54, 1.807) is 0 Å². The standard InChI is InChI=1S/C31H34ClN3O5/c1-37-30(36)26-15-33-29-28(34-26)35(16-23-11-13-39-27(23)18-38-17-21-6-3-2-4-7-21)19-31(20-40-29)12-5-8-22-14-24(32)9-10-25(22)31/h2-4,6-7,9-10,14-15,23,27H,5,8,11-13,16-20H2,1H3/t23-,27-,31-/m0/s1. The number of halogens is 1. The van der Waals surface area contributed by atoms with Crippen LogP contribution in [0.4, 0.5) is 5.82 Å². The van der Waals surface area contributed by atoms with Gasteiger partial charge in [0.15, 0.2) is 11.5 Å². The number of hydrogen-bond acceptors (Lipinski definition) is 8. The van der Waals surface area contributed by atoms with Crippen LogP contribution in [0.3, 0.4) is 0 Å². The van der Waals surface area contributed by atoms with Gasteiger partial charge in [-0.1, -0.05) is 48.0 Å². The molecule has 1 fully saturated rings. The van der Waals surface area contributed by atoms with Crippen LogP contribution in [-0.2, 0) is 32.7 Å². The number of rotatable bonds is 7. The third-order valence-corrected chi connectivity index (χ3v) is 8.56. The fraction of sp³-hybridized carbons (Fsp3) is 0.452. The Morgan fingerprint density at radius 1 is 1.23 bits per heavy atom. The van der Waals surface area contributed by atoms with E-state index in [0.29, 0.717) is 51.2 Å². The highest BCUT2D eigenvalue weighted by atomic mass is 35.5. The van der Waals surface area contributed by atoms with Crippen LogP contribution in [0.1, 0.15) is 46.4 Å². The van der Waals surface area contributed by atoms with E-state index >= 15 is 0 Å². The van der Waals surface area contributed by atoms with E-state index in [4.69, 9.17) is 35.5 Å². The summed E-state index contributed by atoms with van der Waals surface area (Å²) in [4.78, 5) is 23.9. The molecule has 1 aliphatic carbocycles. The van der Waals surface area contributed by atoms with E-state index < -0.39 is 5.97 Å². The molecule has 8 nitrogen and oxygen atoms in total. The number of anilines is 1. The Kier molecular flexibility index (Phi) is 7.91. The monoisotopic (exact) mass is 563 g/mol. The van der Waals surface area contributed by atoms with Gasteiger partial charge in [0.05, 0.1) is 32.6 Å². The van der Waals surface area contributed by atoms with Crippen LogP contribution in [-0.4, -0.2) is 62.1 Å². The molecule has 6 rings (SSSR count). The molecule has 9 heteroatoms. The van der Waals surface area contributed by atoms with Crippen LogP contribution >= 0.6 is 11.6 Å². The number of fused-ring (bicyclic) bond motifs is 3. The number of carbonyl (C=O) groups is 1. The minimum atomic E-state index is -0.525. The average Bonchev–Trinajstić information content (AvgIpc) is 3.36. The maximum absolute atomic E-state index is 12.4. The lowest BCUT2D eigenvalue weighted by atomic mass is 9.70. The van der Waals surface area contributed by atoms with Crippen molar-refractivity contribution < 1.29 is 23.7 Å². The minimum Gasteiger partial charge on any atom is -0.474 e. The molecule has 3 atom stereocenters.